The number of aromatic nitrogens is 4. The van der Waals surface area contributed by atoms with E-state index in [1.807, 2.05) is 49.0 Å². The van der Waals surface area contributed by atoms with Crippen LogP contribution in [0.15, 0.2) is 77.7 Å². The molecule has 22 heteroatoms. The number of ether oxygens (including phenoxy) is 3. The van der Waals surface area contributed by atoms with Crippen molar-refractivity contribution in [1.82, 2.24) is 40.4 Å². The van der Waals surface area contributed by atoms with Gasteiger partial charge in [-0.15, -0.1) is 5.10 Å². The zero-order valence-electron chi connectivity index (χ0n) is 36.7. The molecule has 6 rings (SSSR count). The highest BCUT2D eigenvalue weighted by Crippen LogP contribution is 2.37. The van der Waals surface area contributed by atoms with E-state index in [-0.39, 0.29) is 32.9 Å². The van der Waals surface area contributed by atoms with Crippen LogP contribution in [0.2, 0.25) is 0 Å². The molecule has 19 nitrogen and oxygen atoms in total. The molecule has 1 fully saturated rings. The van der Waals surface area contributed by atoms with E-state index in [4.69, 9.17) is 14.2 Å². The van der Waals surface area contributed by atoms with Crippen LogP contribution in [0, 0.1) is 25.2 Å². The van der Waals surface area contributed by atoms with Gasteiger partial charge in [-0.1, -0.05) is 35.5 Å². The fourth-order valence-electron chi connectivity index (χ4n) is 7.35. The Morgan fingerprint density at radius 2 is 1.61 bits per heavy atom. The second-order valence-corrected chi connectivity index (χ2v) is 20.2. The summed E-state index contributed by atoms with van der Waals surface area (Å²) in [6, 6.07) is 19.2. The fourth-order valence-corrected chi connectivity index (χ4v) is 9.67. The lowest BCUT2D eigenvalue weighted by Gasteiger charge is -2.26. The van der Waals surface area contributed by atoms with E-state index >= 15 is 0 Å². The molecule has 66 heavy (non-hydrogen) atoms. The van der Waals surface area contributed by atoms with Crippen LogP contribution in [0.5, 0.6) is 17.2 Å². The van der Waals surface area contributed by atoms with Crippen LogP contribution >= 0.6 is 15.9 Å². The number of amides is 1. The average molecular weight is 1010 g/mol. The SMILES string of the molecule is Cc1c(COc2cc(OCc3cncc(C#N)c3)c(CN(C)CC(=O)NCC(S(=O)(=O)O)S(=O)(=O)O)cc2Br)cccc1-c1cccc(OCc2cn(CCCN3CCNCC3)nn2)c1C. The Balaban J connectivity index is 1.13. The molecule has 0 spiro atoms. The molecule has 1 saturated heterocycles. The summed E-state index contributed by atoms with van der Waals surface area (Å²) in [7, 11) is -8.88. The second-order valence-electron chi connectivity index (χ2n) is 15.8. The Morgan fingerprint density at radius 3 is 2.33 bits per heavy atom. The highest BCUT2D eigenvalue weighted by molar-refractivity contribution is 9.10. The predicted molar refractivity (Wildman–Crippen MR) is 248 cm³/mol. The summed E-state index contributed by atoms with van der Waals surface area (Å²) in [4.78, 5) is 20.8. The third-order valence-corrected chi connectivity index (χ3v) is 14.6. The number of benzene rings is 3. The number of nitrogens with one attached hydrogen (secondary N) is 2. The standard InChI is InChI=1S/C44H52BrN9O10S2/c1-30-34(7-4-8-37(30)38-9-5-10-40(31(38)2)64-29-36-25-54(51-50-36)14-6-13-53-15-11-47-12-16-53)28-63-42-19-41(62-27-33-17-32(20-46)21-48-22-33)35(18-39(42)45)24-52(3)26-43(55)49-23-44(65(56,57)58)66(59,60)61/h4-5,7-10,17-19,21-22,25,44,47H,6,11-16,23-24,26-29H2,1-3H3,(H,49,55)(H,56,57,58)(H,59,60,61). The summed E-state index contributed by atoms with van der Waals surface area (Å²) in [6.07, 6.45) is 5.94. The lowest BCUT2D eigenvalue weighted by atomic mass is 9.93. The van der Waals surface area contributed by atoms with Crippen molar-refractivity contribution >= 4 is 42.1 Å². The predicted octanol–water partition coefficient (Wildman–Crippen LogP) is 4.27. The molecule has 0 bridgehead atoms. The number of hydrogen-bond acceptors (Lipinski definition) is 15. The minimum Gasteiger partial charge on any atom is -0.488 e. The van der Waals surface area contributed by atoms with Gasteiger partial charge in [0.15, 0.2) is 0 Å². The first-order chi connectivity index (χ1) is 31.5. The van der Waals surface area contributed by atoms with E-state index in [0.717, 1.165) is 85.0 Å². The van der Waals surface area contributed by atoms with Gasteiger partial charge in [-0.3, -0.25) is 28.5 Å². The molecule has 352 valence electrons. The Morgan fingerprint density at radius 1 is 0.909 bits per heavy atom. The number of piperazine rings is 1. The molecule has 0 unspecified atom stereocenters. The number of aryl methyl sites for hydroxylation is 1. The smallest absolute Gasteiger partial charge is 0.286 e. The van der Waals surface area contributed by atoms with E-state index in [2.05, 4.69) is 65.0 Å². The van der Waals surface area contributed by atoms with E-state index < -0.39 is 37.3 Å². The van der Waals surface area contributed by atoms with E-state index in [1.54, 1.807) is 36.3 Å². The molecule has 1 amide bonds. The van der Waals surface area contributed by atoms with Crippen molar-refractivity contribution < 1.29 is 44.9 Å². The minimum absolute atomic E-state index is 0.0359. The molecule has 0 atom stereocenters. The van der Waals surface area contributed by atoms with Crippen molar-refractivity contribution in [2.24, 2.45) is 0 Å². The van der Waals surface area contributed by atoms with Crippen molar-refractivity contribution in [1.29, 1.82) is 5.26 Å². The summed E-state index contributed by atoms with van der Waals surface area (Å²) in [5, 5.41) is 23.5. The molecule has 3 aromatic carbocycles. The summed E-state index contributed by atoms with van der Waals surface area (Å²) in [5.74, 6) is 0.790. The third kappa shape index (κ3) is 14.0. The molecular weight excluding hydrogens is 959 g/mol. The Bertz CT molecular complexity index is 2730. The van der Waals surface area contributed by atoms with Crippen LogP contribution in [0.4, 0.5) is 0 Å². The molecule has 4 N–H and O–H groups in total. The zero-order chi connectivity index (χ0) is 47.4. The third-order valence-electron chi connectivity index (χ3n) is 10.9. The first-order valence-electron chi connectivity index (χ1n) is 20.9. The van der Waals surface area contributed by atoms with Gasteiger partial charge in [0.05, 0.1) is 29.3 Å². The Labute approximate surface area is 392 Å². The van der Waals surface area contributed by atoms with Crippen LogP contribution in [0.25, 0.3) is 11.1 Å². The molecule has 2 aromatic heterocycles. The van der Waals surface area contributed by atoms with E-state index in [0.29, 0.717) is 32.7 Å². The summed E-state index contributed by atoms with van der Waals surface area (Å²) in [5.41, 5.74) is 7.27. The second kappa shape index (κ2) is 22.8. The number of halogens is 1. The molecule has 3 heterocycles. The fraction of sp³-hybridized carbons (Fsp3) is 0.386. The number of hydrogen-bond donors (Lipinski definition) is 4. The van der Waals surface area contributed by atoms with Crippen molar-refractivity contribution in [2.45, 2.75) is 57.8 Å². The number of likely N-dealkylation sites (N-methyl/N-ethyl adjacent to an activating group) is 1. The largest absolute Gasteiger partial charge is 0.488 e. The van der Waals surface area contributed by atoms with Crippen molar-refractivity contribution in [3.63, 3.8) is 0 Å². The lowest BCUT2D eigenvalue weighted by molar-refractivity contribution is -0.121. The monoisotopic (exact) mass is 1010 g/mol. The van der Waals surface area contributed by atoms with Crippen LogP contribution in [-0.2, 0) is 57.9 Å². The highest BCUT2D eigenvalue weighted by atomic mass is 79.9. The average Bonchev–Trinajstić information content (AvgIpc) is 3.73. The van der Waals surface area contributed by atoms with Crippen LogP contribution in [0.3, 0.4) is 0 Å². The van der Waals surface area contributed by atoms with Crippen LogP contribution < -0.4 is 24.8 Å². The molecule has 0 saturated carbocycles. The molecule has 5 aromatic rings. The maximum atomic E-state index is 12.7. The summed E-state index contributed by atoms with van der Waals surface area (Å²) < 4.78 is 83.2. The lowest BCUT2D eigenvalue weighted by Crippen LogP contribution is -2.44. The van der Waals surface area contributed by atoms with Gasteiger partial charge in [0.25, 0.3) is 20.2 Å². The summed E-state index contributed by atoms with van der Waals surface area (Å²) >= 11 is 3.62. The van der Waals surface area contributed by atoms with Gasteiger partial charge in [-0.2, -0.15) is 22.1 Å². The van der Waals surface area contributed by atoms with Crippen molar-refractivity contribution in [3.8, 4) is 34.4 Å². The quantitative estimate of drug-likeness (QED) is 0.0707. The van der Waals surface area contributed by atoms with Crippen molar-refractivity contribution in [3.05, 3.63) is 117 Å². The van der Waals surface area contributed by atoms with Gasteiger partial charge in [-0.25, -0.2) is 0 Å². The van der Waals surface area contributed by atoms with Gasteiger partial charge >= 0.3 is 0 Å². The van der Waals surface area contributed by atoms with Gasteiger partial charge < -0.3 is 29.7 Å². The van der Waals surface area contributed by atoms with Crippen molar-refractivity contribution in [2.75, 3.05) is 52.9 Å². The van der Waals surface area contributed by atoms with Gasteiger partial charge in [0, 0.05) is 75.4 Å². The topological polar surface area (TPSA) is 251 Å². The number of nitriles is 1. The molecule has 1 aliphatic rings. The number of nitrogens with zero attached hydrogens (tertiary/aromatic N) is 7. The van der Waals surface area contributed by atoms with Crippen LogP contribution in [0.1, 0.15) is 45.5 Å². The van der Waals surface area contributed by atoms with Crippen LogP contribution in [-0.4, -0.2) is 119 Å². The van der Waals surface area contributed by atoms with E-state index in [9.17, 15) is 36.0 Å². The number of carbonyl (C=O) groups excluding carboxylic acids is 1. The summed E-state index contributed by atoms with van der Waals surface area (Å²) in [6.45, 7) is 9.29. The maximum absolute atomic E-state index is 12.7. The minimum atomic E-state index is -5.23. The Hall–Kier alpha value is -5.51. The first-order valence-corrected chi connectivity index (χ1v) is 24.7. The van der Waals surface area contributed by atoms with E-state index in [1.165, 1.54) is 6.20 Å². The van der Waals surface area contributed by atoms with Gasteiger partial charge in [-0.05, 0) is 89.3 Å². The Kier molecular flexibility index (Phi) is 17.2. The highest BCUT2D eigenvalue weighted by Gasteiger charge is 2.36. The zero-order valence-corrected chi connectivity index (χ0v) is 39.9. The number of rotatable bonds is 22. The van der Waals surface area contributed by atoms with Gasteiger partial charge in [0.2, 0.25) is 10.5 Å². The number of pyridine rings is 1. The number of carbonyl (C=O) groups is 1. The molecular formula is C44H52BrN9O10S2. The van der Waals surface area contributed by atoms with Gasteiger partial charge in [0.1, 0.15) is 48.8 Å². The molecule has 1 aliphatic heterocycles. The normalized spacial score (nSPS) is 13.4. The molecule has 0 aliphatic carbocycles. The molecule has 0 radical (unpaired) electrons. The first kappa shape index (κ1) is 49.9. The maximum Gasteiger partial charge on any atom is 0.286 e.